The Morgan fingerprint density at radius 2 is 2.06 bits per heavy atom. The Morgan fingerprint density at radius 3 is 2.62 bits per heavy atom. The van der Waals surface area contributed by atoms with Crippen LogP contribution in [0.4, 0.5) is 8.78 Å². The van der Waals surface area contributed by atoms with Crippen LogP contribution in [0.1, 0.15) is 22.3 Å². The highest BCUT2D eigenvalue weighted by molar-refractivity contribution is 5.75. The molecule has 0 unspecified atom stereocenters. The first-order valence-corrected chi connectivity index (χ1v) is 4.64. The molecule has 1 aromatic rings. The monoisotopic (exact) mass is 228 g/mol. The SMILES string of the molecule is O=CCCc1cc(C=O)ccc1OC(F)F. The molecule has 0 saturated heterocycles. The first-order valence-electron chi connectivity index (χ1n) is 4.64. The fourth-order valence-corrected chi connectivity index (χ4v) is 1.29. The Bertz CT molecular complexity index is 377. The van der Waals surface area contributed by atoms with Gasteiger partial charge >= 0.3 is 6.61 Å². The van der Waals surface area contributed by atoms with Gasteiger partial charge < -0.3 is 9.53 Å². The van der Waals surface area contributed by atoms with Crippen molar-refractivity contribution in [2.75, 3.05) is 0 Å². The number of ether oxygens (including phenoxy) is 1. The molecule has 0 spiro atoms. The summed E-state index contributed by atoms with van der Waals surface area (Å²) in [5.74, 6) is 0.00227. The van der Waals surface area contributed by atoms with E-state index in [1.165, 1.54) is 18.2 Å². The number of benzene rings is 1. The number of aryl methyl sites for hydroxylation is 1. The van der Waals surface area contributed by atoms with Gasteiger partial charge in [-0.3, -0.25) is 4.79 Å². The topological polar surface area (TPSA) is 43.4 Å². The molecule has 0 aliphatic carbocycles. The van der Waals surface area contributed by atoms with Gasteiger partial charge in [-0.1, -0.05) is 0 Å². The highest BCUT2D eigenvalue weighted by Gasteiger charge is 2.10. The largest absolute Gasteiger partial charge is 0.435 e. The van der Waals surface area contributed by atoms with E-state index in [-0.39, 0.29) is 18.6 Å². The van der Waals surface area contributed by atoms with Gasteiger partial charge in [0.15, 0.2) is 0 Å². The fourth-order valence-electron chi connectivity index (χ4n) is 1.29. The molecular formula is C11H10F2O3. The van der Waals surface area contributed by atoms with E-state index in [0.717, 1.165) is 0 Å². The predicted octanol–water partition coefficient (Wildman–Crippen LogP) is 2.23. The summed E-state index contributed by atoms with van der Waals surface area (Å²) in [7, 11) is 0. The van der Waals surface area contributed by atoms with Gasteiger partial charge in [-0.2, -0.15) is 8.78 Å². The molecule has 0 heterocycles. The van der Waals surface area contributed by atoms with Crippen molar-refractivity contribution >= 4 is 12.6 Å². The van der Waals surface area contributed by atoms with Gasteiger partial charge in [0.2, 0.25) is 0 Å². The maximum atomic E-state index is 12.0. The van der Waals surface area contributed by atoms with Crippen molar-refractivity contribution in [1.82, 2.24) is 0 Å². The Morgan fingerprint density at radius 1 is 1.31 bits per heavy atom. The first kappa shape index (κ1) is 12.3. The second-order valence-electron chi connectivity index (χ2n) is 3.07. The van der Waals surface area contributed by atoms with Crippen LogP contribution in [0.25, 0.3) is 0 Å². The van der Waals surface area contributed by atoms with Gasteiger partial charge in [0.1, 0.15) is 18.3 Å². The van der Waals surface area contributed by atoms with Gasteiger partial charge in [-0.05, 0) is 30.2 Å². The summed E-state index contributed by atoms with van der Waals surface area (Å²) in [6.45, 7) is -2.92. The second-order valence-corrected chi connectivity index (χ2v) is 3.07. The number of hydrogen-bond donors (Lipinski definition) is 0. The van der Waals surface area contributed by atoms with E-state index >= 15 is 0 Å². The van der Waals surface area contributed by atoms with Gasteiger partial charge in [-0.15, -0.1) is 0 Å². The molecule has 0 amide bonds. The number of halogens is 2. The number of alkyl halides is 2. The molecule has 86 valence electrons. The van der Waals surface area contributed by atoms with Gasteiger partial charge in [-0.25, -0.2) is 0 Å². The maximum Gasteiger partial charge on any atom is 0.387 e. The predicted molar refractivity (Wildman–Crippen MR) is 52.8 cm³/mol. The molecule has 0 aliphatic heterocycles. The number of rotatable bonds is 6. The van der Waals surface area contributed by atoms with Crippen LogP contribution < -0.4 is 4.74 Å². The summed E-state index contributed by atoms with van der Waals surface area (Å²) in [6, 6.07) is 4.12. The molecular weight excluding hydrogens is 218 g/mol. The average Bonchev–Trinajstić information content (AvgIpc) is 2.27. The zero-order valence-corrected chi connectivity index (χ0v) is 8.36. The molecule has 0 N–H and O–H groups in total. The third kappa shape index (κ3) is 3.42. The van der Waals surface area contributed by atoms with Crippen molar-refractivity contribution in [2.45, 2.75) is 19.5 Å². The van der Waals surface area contributed by atoms with E-state index in [9.17, 15) is 18.4 Å². The van der Waals surface area contributed by atoms with Crippen LogP contribution in [0.3, 0.4) is 0 Å². The molecule has 3 nitrogen and oxygen atoms in total. The van der Waals surface area contributed by atoms with Gasteiger partial charge in [0.05, 0.1) is 0 Å². The van der Waals surface area contributed by atoms with Crippen LogP contribution in [0.5, 0.6) is 5.75 Å². The van der Waals surface area contributed by atoms with Crippen molar-refractivity contribution in [3.8, 4) is 5.75 Å². The second kappa shape index (κ2) is 5.95. The Labute approximate surface area is 91.0 Å². The van der Waals surface area contributed by atoms with E-state index in [1.54, 1.807) is 0 Å². The Balaban J connectivity index is 2.95. The minimum absolute atomic E-state index is 0.00227. The molecule has 0 radical (unpaired) electrons. The molecule has 0 saturated carbocycles. The zero-order chi connectivity index (χ0) is 12.0. The lowest BCUT2D eigenvalue weighted by atomic mass is 10.1. The lowest BCUT2D eigenvalue weighted by Gasteiger charge is -2.10. The normalized spacial score (nSPS) is 10.2. The summed E-state index contributed by atoms with van der Waals surface area (Å²) in [5, 5.41) is 0. The highest BCUT2D eigenvalue weighted by Crippen LogP contribution is 2.22. The molecule has 16 heavy (non-hydrogen) atoms. The third-order valence-electron chi connectivity index (χ3n) is 1.97. The molecule has 1 aromatic carbocycles. The zero-order valence-electron chi connectivity index (χ0n) is 8.36. The van der Waals surface area contributed by atoms with Gasteiger partial charge in [0.25, 0.3) is 0 Å². The van der Waals surface area contributed by atoms with Crippen LogP contribution in [0, 0.1) is 0 Å². The number of aldehydes is 2. The fraction of sp³-hybridized carbons (Fsp3) is 0.273. The van der Waals surface area contributed by atoms with E-state index in [2.05, 4.69) is 4.74 Å². The Hall–Kier alpha value is -1.78. The standard InChI is InChI=1S/C11H10F2O3/c12-11(13)16-10-4-3-8(7-15)6-9(10)2-1-5-14/h3-7,11H,1-2H2. The number of carbonyl (C=O) groups excluding carboxylic acids is 2. The van der Waals surface area contributed by atoms with Crippen molar-refractivity contribution in [1.29, 1.82) is 0 Å². The minimum Gasteiger partial charge on any atom is -0.435 e. The lowest BCUT2D eigenvalue weighted by molar-refractivity contribution is -0.107. The van der Waals surface area contributed by atoms with E-state index in [4.69, 9.17) is 0 Å². The summed E-state index contributed by atoms with van der Waals surface area (Å²) < 4.78 is 28.4. The van der Waals surface area contributed by atoms with Crippen molar-refractivity contribution < 1.29 is 23.1 Å². The van der Waals surface area contributed by atoms with Crippen molar-refractivity contribution in [3.63, 3.8) is 0 Å². The van der Waals surface area contributed by atoms with Crippen LogP contribution >= 0.6 is 0 Å². The third-order valence-corrected chi connectivity index (χ3v) is 1.97. The molecule has 0 aliphatic rings. The lowest BCUT2D eigenvalue weighted by Crippen LogP contribution is -2.05. The summed E-state index contributed by atoms with van der Waals surface area (Å²) in [5.41, 5.74) is 0.791. The van der Waals surface area contributed by atoms with E-state index in [0.29, 0.717) is 23.7 Å². The quantitative estimate of drug-likeness (QED) is 0.701. The molecule has 0 fully saturated rings. The highest BCUT2D eigenvalue weighted by atomic mass is 19.3. The smallest absolute Gasteiger partial charge is 0.387 e. The molecule has 0 bridgehead atoms. The molecule has 1 rings (SSSR count). The van der Waals surface area contributed by atoms with Crippen molar-refractivity contribution in [2.24, 2.45) is 0 Å². The van der Waals surface area contributed by atoms with Crippen LogP contribution in [-0.4, -0.2) is 19.2 Å². The number of hydrogen-bond acceptors (Lipinski definition) is 3. The van der Waals surface area contributed by atoms with Crippen LogP contribution in [0.2, 0.25) is 0 Å². The number of carbonyl (C=O) groups is 2. The summed E-state index contributed by atoms with van der Waals surface area (Å²) >= 11 is 0. The van der Waals surface area contributed by atoms with E-state index in [1.807, 2.05) is 0 Å². The average molecular weight is 228 g/mol. The van der Waals surface area contributed by atoms with E-state index < -0.39 is 6.61 Å². The Kier molecular flexibility index (Phi) is 4.57. The first-order chi connectivity index (χ1) is 7.67. The molecule has 0 aromatic heterocycles. The van der Waals surface area contributed by atoms with Crippen LogP contribution in [0.15, 0.2) is 18.2 Å². The summed E-state index contributed by atoms with van der Waals surface area (Å²) in [4.78, 5) is 20.7. The minimum atomic E-state index is -2.92. The molecule has 0 atom stereocenters. The maximum absolute atomic E-state index is 12.0. The van der Waals surface area contributed by atoms with Gasteiger partial charge in [0, 0.05) is 12.0 Å². The van der Waals surface area contributed by atoms with Crippen molar-refractivity contribution in [3.05, 3.63) is 29.3 Å². The van der Waals surface area contributed by atoms with Crippen LogP contribution in [-0.2, 0) is 11.2 Å². The summed E-state index contributed by atoms with van der Waals surface area (Å²) in [6.07, 6.45) is 1.76. The molecule has 5 heteroatoms.